The Balaban J connectivity index is 2.11. The van der Waals surface area contributed by atoms with Gasteiger partial charge in [0.15, 0.2) is 93.1 Å². The second-order valence-electron chi connectivity index (χ2n) is 8.21. The SMILES string of the molecule is Cc1c(F)c(F)c(-c2c(F)c(F)c(-c3c(F)c(F)c(-c4c(F)c(F)c(F)c(F)c4F)c(F)c3F)c(F)c2F)c(F)c1F. The zero-order chi connectivity index (χ0) is 31.9. The molecule has 0 aliphatic rings. The summed E-state index contributed by atoms with van der Waals surface area (Å²) in [6.45, 7) is 0.447. The van der Waals surface area contributed by atoms with Crippen molar-refractivity contribution in [2.75, 3.05) is 0 Å². The maximum Gasteiger partial charge on any atom is 0.200 e. The molecule has 0 saturated carbocycles. The van der Waals surface area contributed by atoms with Crippen LogP contribution in [0.4, 0.5) is 74.6 Å². The summed E-state index contributed by atoms with van der Waals surface area (Å²) in [5.41, 5.74) is -17.0. The van der Waals surface area contributed by atoms with Gasteiger partial charge in [-0.05, 0) is 6.92 Å². The lowest BCUT2D eigenvalue weighted by molar-refractivity contribution is 0.379. The van der Waals surface area contributed by atoms with E-state index in [1.807, 2.05) is 0 Å². The van der Waals surface area contributed by atoms with Gasteiger partial charge >= 0.3 is 0 Å². The van der Waals surface area contributed by atoms with Crippen molar-refractivity contribution in [3.05, 3.63) is 104 Å². The Kier molecular flexibility index (Phi) is 7.44. The summed E-state index contributed by atoms with van der Waals surface area (Å²) in [5, 5.41) is 0. The molecule has 4 rings (SSSR count). The Hall–Kier alpha value is -4.31. The lowest BCUT2D eigenvalue weighted by atomic mass is 9.92. The molecule has 0 atom stereocenters. The molecule has 0 spiro atoms. The van der Waals surface area contributed by atoms with Crippen LogP contribution < -0.4 is 0 Å². The second-order valence-corrected chi connectivity index (χ2v) is 8.21. The van der Waals surface area contributed by atoms with Gasteiger partial charge in [0, 0.05) is 5.56 Å². The van der Waals surface area contributed by atoms with Crippen LogP contribution in [0.1, 0.15) is 5.56 Å². The Morgan fingerprint density at radius 3 is 0.500 bits per heavy atom. The minimum absolute atomic E-state index is 0.447. The second kappa shape index (κ2) is 10.2. The highest BCUT2D eigenvalue weighted by Gasteiger charge is 2.39. The van der Waals surface area contributed by atoms with Crippen molar-refractivity contribution in [1.82, 2.24) is 0 Å². The molecule has 0 amide bonds. The summed E-state index contributed by atoms with van der Waals surface area (Å²) < 4.78 is 244. The first-order chi connectivity index (χ1) is 19.4. The minimum atomic E-state index is -3.12. The fourth-order valence-corrected chi connectivity index (χ4v) is 3.93. The smallest absolute Gasteiger partial charge is 0.200 e. The van der Waals surface area contributed by atoms with Crippen molar-refractivity contribution in [3.63, 3.8) is 0 Å². The zero-order valence-corrected chi connectivity index (χ0v) is 19.4. The van der Waals surface area contributed by atoms with E-state index in [4.69, 9.17) is 0 Å². The maximum atomic E-state index is 14.9. The fraction of sp³-hybridized carbons (Fsp3) is 0.0400. The van der Waals surface area contributed by atoms with Gasteiger partial charge in [0.1, 0.15) is 0 Å². The van der Waals surface area contributed by atoms with Gasteiger partial charge in [-0.25, -0.2) is 74.6 Å². The molecule has 0 saturated heterocycles. The number of hydrogen-bond acceptors (Lipinski definition) is 0. The van der Waals surface area contributed by atoms with Crippen molar-refractivity contribution in [3.8, 4) is 33.4 Å². The molecule has 0 aliphatic heterocycles. The highest BCUT2D eigenvalue weighted by Crippen LogP contribution is 2.45. The molecule has 4 aromatic rings. The molecule has 0 radical (unpaired) electrons. The topological polar surface area (TPSA) is 0 Å². The Bertz CT molecular complexity index is 1610. The van der Waals surface area contributed by atoms with E-state index in [1.165, 1.54) is 0 Å². The summed E-state index contributed by atoms with van der Waals surface area (Å²) in [6, 6.07) is 0. The van der Waals surface area contributed by atoms with Gasteiger partial charge in [0.2, 0.25) is 5.82 Å². The Labute approximate surface area is 220 Å². The van der Waals surface area contributed by atoms with E-state index in [0.29, 0.717) is 6.92 Å². The third kappa shape index (κ3) is 3.99. The van der Waals surface area contributed by atoms with Crippen molar-refractivity contribution in [1.29, 1.82) is 0 Å². The maximum absolute atomic E-state index is 14.9. The third-order valence-electron chi connectivity index (χ3n) is 5.97. The lowest BCUT2D eigenvalue weighted by Crippen LogP contribution is -2.13. The highest BCUT2D eigenvalue weighted by atomic mass is 19.2. The van der Waals surface area contributed by atoms with Crippen LogP contribution in [-0.2, 0) is 0 Å². The van der Waals surface area contributed by atoms with Gasteiger partial charge in [-0.3, -0.25) is 0 Å². The first-order valence-corrected chi connectivity index (χ1v) is 10.5. The van der Waals surface area contributed by atoms with E-state index in [-0.39, 0.29) is 0 Å². The molecule has 0 nitrogen and oxygen atoms in total. The lowest BCUT2D eigenvalue weighted by Gasteiger charge is -2.17. The molecule has 4 aromatic carbocycles. The van der Waals surface area contributed by atoms with Crippen LogP contribution in [0.5, 0.6) is 0 Å². The van der Waals surface area contributed by atoms with E-state index in [2.05, 4.69) is 0 Å². The number of rotatable bonds is 3. The number of benzene rings is 4. The average Bonchev–Trinajstić information content (AvgIpc) is 2.96. The molecule has 0 fully saturated rings. The highest BCUT2D eigenvalue weighted by molar-refractivity contribution is 5.78. The van der Waals surface area contributed by atoms with E-state index in [0.717, 1.165) is 0 Å². The van der Waals surface area contributed by atoms with Crippen LogP contribution in [0.2, 0.25) is 0 Å². The summed E-state index contributed by atoms with van der Waals surface area (Å²) in [7, 11) is 0. The Morgan fingerprint density at radius 2 is 0.310 bits per heavy atom. The predicted octanol–water partition coefficient (Wildman–Crippen LogP) is 9.36. The molecule has 0 unspecified atom stereocenters. The number of hydrogen-bond donors (Lipinski definition) is 0. The number of halogens is 17. The molecule has 0 N–H and O–H groups in total. The predicted molar refractivity (Wildman–Crippen MR) is 107 cm³/mol. The van der Waals surface area contributed by atoms with Crippen LogP contribution in [0.25, 0.3) is 33.4 Å². The first-order valence-electron chi connectivity index (χ1n) is 10.5. The van der Waals surface area contributed by atoms with E-state index >= 15 is 0 Å². The average molecular weight is 626 g/mol. The van der Waals surface area contributed by atoms with E-state index in [9.17, 15) is 74.6 Å². The van der Waals surface area contributed by atoms with Crippen molar-refractivity contribution >= 4 is 0 Å². The van der Waals surface area contributed by atoms with Gasteiger partial charge in [0.05, 0.1) is 33.4 Å². The largest absolute Gasteiger partial charge is 0.203 e. The summed E-state index contributed by atoms with van der Waals surface area (Å²) in [5.74, 6) is -49.1. The molecular weight excluding hydrogens is 623 g/mol. The molecular formula is C25H3F17. The summed E-state index contributed by atoms with van der Waals surface area (Å²) >= 11 is 0. The summed E-state index contributed by atoms with van der Waals surface area (Å²) in [6.07, 6.45) is 0. The van der Waals surface area contributed by atoms with Crippen molar-refractivity contribution in [2.45, 2.75) is 6.92 Å². The molecule has 0 heterocycles. The van der Waals surface area contributed by atoms with Gasteiger partial charge in [0.25, 0.3) is 0 Å². The monoisotopic (exact) mass is 626 g/mol. The third-order valence-corrected chi connectivity index (χ3v) is 5.97. The van der Waals surface area contributed by atoms with Gasteiger partial charge in [-0.1, -0.05) is 0 Å². The van der Waals surface area contributed by atoms with Crippen molar-refractivity contribution in [2.24, 2.45) is 0 Å². The van der Waals surface area contributed by atoms with Gasteiger partial charge in [-0.15, -0.1) is 0 Å². The van der Waals surface area contributed by atoms with Crippen LogP contribution in [0, 0.1) is 106 Å². The van der Waals surface area contributed by atoms with Crippen LogP contribution >= 0.6 is 0 Å². The molecule has 42 heavy (non-hydrogen) atoms. The first kappa shape index (κ1) is 30.6. The summed E-state index contributed by atoms with van der Waals surface area (Å²) in [4.78, 5) is 0. The van der Waals surface area contributed by atoms with E-state index < -0.39 is 138 Å². The van der Waals surface area contributed by atoms with Crippen molar-refractivity contribution < 1.29 is 74.6 Å². The minimum Gasteiger partial charge on any atom is -0.203 e. The molecule has 0 aliphatic carbocycles. The Morgan fingerprint density at radius 1 is 0.190 bits per heavy atom. The van der Waals surface area contributed by atoms with Crippen LogP contribution in [-0.4, -0.2) is 0 Å². The quantitative estimate of drug-likeness (QED) is 0.121. The zero-order valence-electron chi connectivity index (χ0n) is 19.4. The van der Waals surface area contributed by atoms with Gasteiger partial charge < -0.3 is 0 Å². The van der Waals surface area contributed by atoms with Gasteiger partial charge in [-0.2, -0.15) is 0 Å². The molecule has 0 bridgehead atoms. The van der Waals surface area contributed by atoms with Crippen LogP contribution in [0.15, 0.2) is 0 Å². The molecule has 222 valence electrons. The molecule has 17 heteroatoms. The molecule has 0 aromatic heterocycles. The fourth-order valence-electron chi connectivity index (χ4n) is 3.93. The standard InChI is InChI=1S/C25H3F17/c1-2-9(26)11(28)3(12(29)10(2)27)4-13(30)15(32)5(16(33)14(4)31)6-17(34)19(36)7(20(37)18(6)35)8-21(38)23(40)25(42)24(41)22(8)39/h1H3. The van der Waals surface area contributed by atoms with Crippen LogP contribution in [0.3, 0.4) is 0 Å². The van der Waals surface area contributed by atoms with E-state index in [1.54, 1.807) is 0 Å². The normalized spacial score (nSPS) is 11.6.